The fourth-order valence-electron chi connectivity index (χ4n) is 2.69. The average molecular weight is 298 g/mol. The number of aliphatic hydroxyl groups is 1. The number of hydrogen-bond donors (Lipinski definition) is 1. The van der Waals surface area contributed by atoms with Crippen LogP contribution >= 0.6 is 11.3 Å². The van der Waals surface area contributed by atoms with Crippen LogP contribution in [0.5, 0.6) is 0 Å². The summed E-state index contributed by atoms with van der Waals surface area (Å²) in [6, 6.07) is 0. The van der Waals surface area contributed by atoms with Gasteiger partial charge in [0.05, 0.1) is 17.2 Å². The van der Waals surface area contributed by atoms with E-state index in [0.29, 0.717) is 5.92 Å². The Hall–Kier alpha value is -0.650. The van der Waals surface area contributed by atoms with Crippen LogP contribution in [0.4, 0.5) is 5.13 Å². The minimum absolute atomic E-state index is 0.0127. The SMILES string of the molecule is COCC1CCN(c2nc(C(C)(C)C)c(CO)s2)CC1. The molecule has 0 spiro atoms. The van der Waals surface area contributed by atoms with Crippen LogP contribution < -0.4 is 4.90 Å². The molecule has 0 atom stereocenters. The highest BCUT2D eigenvalue weighted by Crippen LogP contribution is 2.35. The summed E-state index contributed by atoms with van der Waals surface area (Å²) in [6.45, 7) is 9.47. The lowest BCUT2D eigenvalue weighted by atomic mass is 9.91. The van der Waals surface area contributed by atoms with E-state index in [1.165, 1.54) is 0 Å². The molecule has 4 nitrogen and oxygen atoms in total. The highest BCUT2D eigenvalue weighted by Gasteiger charge is 2.26. The second-order valence-corrected chi connectivity index (χ2v) is 7.62. The zero-order valence-corrected chi connectivity index (χ0v) is 13.8. The molecular weight excluding hydrogens is 272 g/mol. The summed E-state index contributed by atoms with van der Waals surface area (Å²) in [6.07, 6.45) is 2.32. The average Bonchev–Trinajstić information content (AvgIpc) is 2.84. The monoisotopic (exact) mass is 298 g/mol. The summed E-state index contributed by atoms with van der Waals surface area (Å²) in [5, 5.41) is 10.6. The van der Waals surface area contributed by atoms with Crippen LogP contribution in [0, 0.1) is 5.92 Å². The van der Waals surface area contributed by atoms with Crippen molar-refractivity contribution in [3.05, 3.63) is 10.6 Å². The molecule has 20 heavy (non-hydrogen) atoms. The highest BCUT2D eigenvalue weighted by atomic mass is 32.1. The van der Waals surface area contributed by atoms with Gasteiger partial charge in [-0.3, -0.25) is 0 Å². The van der Waals surface area contributed by atoms with E-state index in [0.717, 1.165) is 48.2 Å². The zero-order valence-electron chi connectivity index (χ0n) is 13.0. The van der Waals surface area contributed by atoms with Crippen molar-refractivity contribution in [2.45, 2.75) is 45.6 Å². The van der Waals surface area contributed by atoms with Crippen molar-refractivity contribution in [1.29, 1.82) is 0 Å². The normalized spacial score (nSPS) is 17.8. The van der Waals surface area contributed by atoms with E-state index in [4.69, 9.17) is 9.72 Å². The van der Waals surface area contributed by atoms with Gasteiger partial charge < -0.3 is 14.7 Å². The Morgan fingerprint density at radius 2 is 2.00 bits per heavy atom. The van der Waals surface area contributed by atoms with Gasteiger partial charge in [-0.05, 0) is 18.8 Å². The molecule has 1 N–H and O–H groups in total. The summed E-state index contributed by atoms with van der Waals surface area (Å²) in [5.74, 6) is 0.676. The number of ether oxygens (including phenoxy) is 1. The van der Waals surface area contributed by atoms with Crippen molar-refractivity contribution in [2.24, 2.45) is 5.92 Å². The molecule has 1 aromatic heterocycles. The van der Waals surface area contributed by atoms with Crippen LogP contribution in [0.2, 0.25) is 0 Å². The van der Waals surface area contributed by atoms with E-state index in [1.54, 1.807) is 18.4 Å². The fourth-order valence-corrected chi connectivity index (χ4v) is 3.88. The molecule has 5 heteroatoms. The van der Waals surface area contributed by atoms with E-state index in [1.807, 2.05) is 0 Å². The first kappa shape index (κ1) is 15.7. The first-order valence-corrected chi connectivity index (χ1v) is 8.12. The second-order valence-electron chi connectivity index (χ2n) is 6.56. The summed E-state index contributed by atoms with van der Waals surface area (Å²) in [5.41, 5.74) is 1.03. The second kappa shape index (κ2) is 6.41. The Morgan fingerprint density at radius 3 is 2.45 bits per heavy atom. The molecule has 2 rings (SSSR count). The maximum atomic E-state index is 9.54. The highest BCUT2D eigenvalue weighted by molar-refractivity contribution is 7.15. The van der Waals surface area contributed by atoms with E-state index in [-0.39, 0.29) is 12.0 Å². The van der Waals surface area contributed by atoms with Crippen LogP contribution in [0.15, 0.2) is 0 Å². The number of nitrogens with zero attached hydrogens (tertiary/aromatic N) is 2. The summed E-state index contributed by atoms with van der Waals surface area (Å²) in [4.78, 5) is 8.16. The van der Waals surface area contributed by atoms with Crippen LogP contribution in [0.3, 0.4) is 0 Å². The molecule has 0 aromatic carbocycles. The maximum absolute atomic E-state index is 9.54. The largest absolute Gasteiger partial charge is 0.391 e. The Kier molecular flexibility index (Phi) is 5.04. The molecule has 0 amide bonds. The van der Waals surface area contributed by atoms with Gasteiger partial charge in [0.15, 0.2) is 5.13 Å². The Bertz CT molecular complexity index is 432. The summed E-state index contributed by atoms with van der Waals surface area (Å²) < 4.78 is 5.24. The van der Waals surface area contributed by atoms with Crippen molar-refractivity contribution >= 4 is 16.5 Å². The van der Waals surface area contributed by atoms with Gasteiger partial charge in [-0.15, -0.1) is 0 Å². The molecule has 0 radical (unpaired) electrons. The summed E-state index contributed by atoms with van der Waals surface area (Å²) >= 11 is 1.64. The van der Waals surface area contributed by atoms with E-state index < -0.39 is 0 Å². The van der Waals surface area contributed by atoms with Gasteiger partial charge in [-0.1, -0.05) is 32.1 Å². The van der Waals surface area contributed by atoms with Crippen LogP contribution in [-0.4, -0.2) is 36.9 Å². The molecule has 2 heterocycles. The topological polar surface area (TPSA) is 45.6 Å². The predicted molar refractivity (Wildman–Crippen MR) is 83.5 cm³/mol. The lowest BCUT2D eigenvalue weighted by molar-refractivity contribution is 0.139. The number of piperidine rings is 1. The van der Waals surface area contributed by atoms with E-state index in [9.17, 15) is 5.11 Å². The fraction of sp³-hybridized carbons (Fsp3) is 0.800. The van der Waals surface area contributed by atoms with Crippen molar-refractivity contribution < 1.29 is 9.84 Å². The van der Waals surface area contributed by atoms with E-state index in [2.05, 4.69) is 25.7 Å². The minimum atomic E-state index is -0.0127. The number of aliphatic hydroxyl groups excluding tert-OH is 1. The minimum Gasteiger partial charge on any atom is -0.391 e. The smallest absolute Gasteiger partial charge is 0.185 e. The first-order chi connectivity index (χ1) is 9.45. The Labute approximate surface area is 125 Å². The lowest BCUT2D eigenvalue weighted by Crippen LogP contribution is -2.35. The quantitative estimate of drug-likeness (QED) is 0.928. The van der Waals surface area contributed by atoms with Crippen LogP contribution in [-0.2, 0) is 16.8 Å². The molecule has 0 aliphatic carbocycles. The lowest BCUT2D eigenvalue weighted by Gasteiger charge is -2.31. The Balaban J connectivity index is 2.09. The number of aromatic nitrogens is 1. The third-order valence-electron chi connectivity index (χ3n) is 3.83. The number of rotatable bonds is 4. The van der Waals surface area contributed by atoms with Gasteiger partial charge in [0, 0.05) is 32.2 Å². The van der Waals surface area contributed by atoms with Crippen LogP contribution in [0.25, 0.3) is 0 Å². The molecule has 0 unspecified atom stereocenters. The molecule has 1 aliphatic rings. The zero-order chi connectivity index (χ0) is 14.8. The molecule has 0 saturated carbocycles. The number of thiazole rings is 1. The first-order valence-electron chi connectivity index (χ1n) is 7.30. The molecular formula is C15H26N2O2S. The van der Waals surface area contributed by atoms with Crippen molar-refractivity contribution in [3.63, 3.8) is 0 Å². The number of methoxy groups -OCH3 is 1. The van der Waals surface area contributed by atoms with Gasteiger partial charge in [-0.2, -0.15) is 0 Å². The van der Waals surface area contributed by atoms with Gasteiger partial charge in [0.25, 0.3) is 0 Å². The molecule has 114 valence electrons. The molecule has 1 fully saturated rings. The van der Waals surface area contributed by atoms with Crippen molar-refractivity contribution in [2.75, 3.05) is 31.7 Å². The maximum Gasteiger partial charge on any atom is 0.185 e. The summed E-state index contributed by atoms with van der Waals surface area (Å²) in [7, 11) is 1.77. The van der Waals surface area contributed by atoms with E-state index >= 15 is 0 Å². The molecule has 1 aromatic rings. The number of anilines is 1. The van der Waals surface area contributed by atoms with Gasteiger partial charge >= 0.3 is 0 Å². The molecule has 1 aliphatic heterocycles. The number of hydrogen-bond acceptors (Lipinski definition) is 5. The van der Waals surface area contributed by atoms with Gasteiger partial charge in [-0.25, -0.2) is 4.98 Å². The predicted octanol–water partition coefficient (Wildman–Crippen LogP) is 2.80. The standard InChI is InChI=1S/C15H26N2O2S/c1-15(2,3)13-12(9-18)20-14(16-13)17-7-5-11(6-8-17)10-19-4/h11,18H,5-10H2,1-4H3. The Morgan fingerprint density at radius 1 is 1.35 bits per heavy atom. The molecule has 0 bridgehead atoms. The molecule has 1 saturated heterocycles. The third kappa shape index (κ3) is 3.51. The third-order valence-corrected chi connectivity index (χ3v) is 4.93. The van der Waals surface area contributed by atoms with Crippen molar-refractivity contribution in [1.82, 2.24) is 4.98 Å². The van der Waals surface area contributed by atoms with Crippen molar-refractivity contribution in [3.8, 4) is 0 Å². The van der Waals surface area contributed by atoms with Crippen LogP contribution in [0.1, 0.15) is 44.2 Å². The van der Waals surface area contributed by atoms with Gasteiger partial charge in [0.1, 0.15) is 0 Å². The van der Waals surface area contributed by atoms with Gasteiger partial charge in [0.2, 0.25) is 0 Å².